The van der Waals surface area contributed by atoms with Crippen LogP contribution >= 0.6 is 11.6 Å². The minimum Gasteiger partial charge on any atom is -0.374 e. The molecule has 68 valence electrons. The lowest BCUT2D eigenvalue weighted by Crippen LogP contribution is -1.98. The van der Waals surface area contributed by atoms with Gasteiger partial charge in [0.25, 0.3) is 0 Å². The zero-order valence-corrected chi connectivity index (χ0v) is 7.95. The number of rotatable bonds is 2. The highest BCUT2D eigenvalue weighted by molar-refractivity contribution is 6.30. The van der Waals surface area contributed by atoms with Gasteiger partial charge >= 0.3 is 0 Å². The van der Waals surface area contributed by atoms with E-state index in [9.17, 15) is 4.39 Å². The molecule has 0 atom stereocenters. The minimum absolute atomic E-state index is 0.348. The number of benzene rings is 1. The molecule has 3 heteroatoms. The number of hydrogen-bond acceptors (Lipinski definition) is 1. The molecule has 0 saturated heterocycles. The van der Waals surface area contributed by atoms with Crippen molar-refractivity contribution in [2.24, 2.45) is 0 Å². The fraction of sp³-hybridized carbons (Fsp3) is 0.200. The molecule has 0 aliphatic rings. The summed E-state index contributed by atoms with van der Waals surface area (Å²) >= 11 is 5.65. The smallest absolute Gasteiger partial charge is 0.126 e. The van der Waals surface area contributed by atoms with Crippen LogP contribution in [-0.2, 0) is 0 Å². The number of halogens is 2. The molecule has 1 N–H and O–H groups in total. The summed E-state index contributed by atoms with van der Waals surface area (Å²) in [5, 5.41) is 3.31. The summed E-state index contributed by atoms with van der Waals surface area (Å²) < 4.78 is 12.8. The van der Waals surface area contributed by atoms with E-state index in [4.69, 9.17) is 11.6 Å². The van der Waals surface area contributed by atoms with Crippen molar-refractivity contribution in [2.75, 3.05) is 11.9 Å². The van der Waals surface area contributed by atoms with E-state index in [2.05, 4.69) is 17.2 Å². The van der Waals surface area contributed by atoms with Gasteiger partial charge in [0.05, 0.1) is 6.54 Å². The molecule has 0 aromatic heterocycles. The van der Waals surface area contributed by atoms with Crippen LogP contribution in [0.3, 0.4) is 0 Å². The molecular weight excluding hydrogens is 189 g/mol. The van der Waals surface area contributed by atoms with E-state index in [0.717, 1.165) is 0 Å². The maximum Gasteiger partial charge on any atom is 0.126 e. The maximum atomic E-state index is 12.8. The summed E-state index contributed by atoms with van der Waals surface area (Å²) in [6.45, 7) is 2.25. The Kier molecular flexibility index (Phi) is 3.60. The molecule has 0 fully saturated rings. The van der Waals surface area contributed by atoms with E-state index in [-0.39, 0.29) is 5.82 Å². The predicted molar refractivity (Wildman–Crippen MR) is 53.3 cm³/mol. The van der Waals surface area contributed by atoms with Gasteiger partial charge in [-0.15, -0.1) is 5.92 Å². The molecule has 1 aromatic rings. The Labute approximate surface area is 81.9 Å². The van der Waals surface area contributed by atoms with Crippen LogP contribution in [-0.4, -0.2) is 6.54 Å². The first-order valence-corrected chi connectivity index (χ1v) is 4.20. The number of hydrogen-bond donors (Lipinski definition) is 1. The molecule has 0 radical (unpaired) electrons. The molecule has 0 amide bonds. The van der Waals surface area contributed by atoms with Gasteiger partial charge in [-0.2, -0.15) is 0 Å². The van der Waals surface area contributed by atoms with Gasteiger partial charge in [0.2, 0.25) is 0 Å². The molecule has 0 heterocycles. The van der Waals surface area contributed by atoms with Crippen LogP contribution < -0.4 is 5.32 Å². The van der Waals surface area contributed by atoms with Gasteiger partial charge in [-0.05, 0) is 25.1 Å². The average Bonchev–Trinajstić information content (AvgIpc) is 2.03. The standard InChI is InChI=1S/C10H9ClFN/c1-2-3-4-13-10-6-8(11)5-9(12)7-10/h5-7,13H,4H2,1H3. The van der Waals surface area contributed by atoms with Crippen LogP contribution in [0, 0.1) is 17.7 Å². The van der Waals surface area contributed by atoms with Gasteiger partial charge in [-0.1, -0.05) is 17.5 Å². The molecule has 0 bridgehead atoms. The van der Waals surface area contributed by atoms with Crippen molar-refractivity contribution in [1.29, 1.82) is 0 Å². The first kappa shape index (κ1) is 9.88. The van der Waals surface area contributed by atoms with Crippen LogP contribution in [0.15, 0.2) is 18.2 Å². The lowest BCUT2D eigenvalue weighted by Gasteiger charge is -2.02. The Bertz CT molecular complexity index is 331. The van der Waals surface area contributed by atoms with Crippen molar-refractivity contribution < 1.29 is 4.39 Å². The highest BCUT2D eigenvalue weighted by atomic mass is 35.5. The van der Waals surface area contributed by atoms with Gasteiger partial charge in [0, 0.05) is 10.7 Å². The molecule has 0 saturated carbocycles. The average molecular weight is 198 g/mol. The highest BCUT2D eigenvalue weighted by Crippen LogP contribution is 2.17. The zero-order chi connectivity index (χ0) is 9.68. The quantitative estimate of drug-likeness (QED) is 0.719. The maximum absolute atomic E-state index is 12.8. The third-order valence-corrected chi connectivity index (χ3v) is 1.64. The van der Waals surface area contributed by atoms with E-state index in [1.165, 1.54) is 12.1 Å². The van der Waals surface area contributed by atoms with Crippen LogP contribution in [0.2, 0.25) is 5.02 Å². The van der Waals surface area contributed by atoms with Gasteiger partial charge in [-0.3, -0.25) is 0 Å². The Morgan fingerprint density at radius 2 is 2.23 bits per heavy atom. The molecule has 1 rings (SSSR count). The summed E-state index contributed by atoms with van der Waals surface area (Å²) in [6, 6.07) is 4.30. The van der Waals surface area contributed by atoms with Crippen LogP contribution in [0.1, 0.15) is 6.92 Å². The van der Waals surface area contributed by atoms with E-state index in [1.54, 1.807) is 13.0 Å². The summed E-state index contributed by atoms with van der Waals surface area (Å²) in [5.41, 5.74) is 0.646. The van der Waals surface area contributed by atoms with E-state index < -0.39 is 0 Å². The highest BCUT2D eigenvalue weighted by Gasteiger charge is 1.96. The van der Waals surface area contributed by atoms with Crippen molar-refractivity contribution in [3.63, 3.8) is 0 Å². The third kappa shape index (κ3) is 3.35. The summed E-state index contributed by atoms with van der Waals surface area (Å²) in [5.74, 6) is 5.19. The summed E-state index contributed by atoms with van der Waals surface area (Å²) in [7, 11) is 0. The fourth-order valence-electron chi connectivity index (χ4n) is 0.891. The molecule has 13 heavy (non-hydrogen) atoms. The molecule has 0 spiro atoms. The fourth-order valence-corrected chi connectivity index (χ4v) is 1.11. The van der Waals surface area contributed by atoms with Crippen molar-refractivity contribution in [3.8, 4) is 11.8 Å². The molecular formula is C10H9ClFN. The Morgan fingerprint density at radius 1 is 1.46 bits per heavy atom. The van der Waals surface area contributed by atoms with E-state index in [0.29, 0.717) is 17.3 Å². The van der Waals surface area contributed by atoms with Crippen LogP contribution in [0.25, 0.3) is 0 Å². The minimum atomic E-state index is -0.348. The largest absolute Gasteiger partial charge is 0.374 e. The predicted octanol–water partition coefficient (Wildman–Crippen LogP) is 2.91. The summed E-state index contributed by atoms with van der Waals surface area (Å²) in [4.78, 5) is 0. The Morgan fingerprint density at radius 3 is 2.85 bits per heavy atom. The monoisotopic (exact) mass is 197 g/mol. The van der Waals surface area contributed by atoms with Crippen molar-refractivity contribution in [2.45, 2.75) is 6.92 Å². The Hall–Kier alpha value is -1.20. The molecule has 1 nitrogen and oxygen atoms in total. The van der Waals surface area contributed by atoms with E-state index in [1.807, 2.05) is 0 Å². The second-order valence-corrected chi connectivity index (χ2v) is 2.87. The first-order valence-electron chi connectivity index (χ1n) is 3.82. The lowest BCUT2D eigenvalue weighted by molar-refractivity contribution is 0.628. The topological polar surface area (TPSA) is 12.0 Å². The lowest BCUT2D eigenvalue weighted by atomic mass is 10.3. The van der Waals surface area contributed by atoms with Crippen molar-refractivity contribution in [3.05, 3.63) is 29.0 Å². The summed E-state index contributed by atoms with van der Waals surface area (Å²) in [6.07, 6.45) is 0. The SMILES string of the molecule is CC#CCNc1cc(F)cc(Cl)c1. The molecule has 0 unspecified atom stereocenters. The molecule has 0 aliphatic heterocycles. The van der Waals surface area contributed by atoms with Crippen molar-refractivity contribution in [1.82, 2.24) is 0 Å². The van der Waals surface area contributed by atoms with Gasteiger partial charge in [0.1, 0.15) is 5.82 Å². The normalized spacial score (nSPS) is 8.85. The van der Waals surface area contributed by atoms with Crippen LogP contribution in [0.5, 0.6) is 0 Å². The Balaban J connectivity index is 2.69. The second-order valence-electron chi connectivity index (χ2n) is 2.44. The number of nitrogens with one attached hydrogen (secondary N) is 1. The van der Waals surface area contributed by atoms with Crippen molar-refractivity contribution >= 4 is 17.3 Å². The second kappa shape index (κ2) is 4.74. The zero-order valence-electron chi connectivity index (χ0n) is 7.20. The van der Waals surface area contributed by atoms with Gasteiger partial charge in [0.15, 0.2) is 0 Å². The number of anilines is 1. The van der Waals surface area contributed by atoms with Gasteiger partial charge < -0.3 is 5.32 Å². The van der Waals surface area contributed by atoms with Gasteiger partial charge in [-0.25, -0.2) is 4.39 Å². The third-order valence-electron chi connectivity index (χ3n) is 1.42. The molecule has 1 aromatic carbocycles. The van der Waals surface area contributed by atoms with Crippen LogP contribution in [0.4, 0.5) is 10.1 Å². The van der Waals surface area contributed by atoms with E-state index >= 15 is 0 Å². The first-order chi connectivity index (χ1) is 6.22. The molecule has 0 aliphatic carbocycles.